The zero-order valence-corrected chi connectivity index (χ0v) is 10.5. The maximum atomic E-state index is 11.1. The third kappa shape index (κ3) is 11.6. The summed E-state index contributed by atoms with van der Waals surface area (Å²) in [6.45, 7) is 2.33. The van der Waals surface area contributed by atoms with E-state index in [9.17, 15) is 8.78 Å². The maximum absolute atomic E-state index is 11.1. The van der Waals surface area contributed by atoms with Gasteiger partial charge in [0.1, 0.15) is 0 Å². The van der Waals surface area contributed by atoms with Crippen LogP contribution < -0.4 is 0 Å². The number of halogens is 2. The Bertz CT molecular complexity index is 42.7. The standard InChI is InChI=1S/C3H5F2O.Rf/c1-3(4,5)6-2;/h1H2,2H3;/q-1;. The second-order valence-corrected chi connectivity index (χ2v) is 0.841. The average molecular weight is 362 g/mol. The predicted molar refractivity (Wildman–Crippen MR) is 17.3 cm³/mol. The molecule has 7 heavy (non-hydrogen) atoms. The first-order chi connectivity index (χ1) is 2.56. The van der Waals surface area contributed by atoms with Crippen LogP contribution in [0.1, 0.15) is 0 Å². The third-order valence-electron chi connectivity index (χ3n) is 0.299. The van der Waals surface area contributed by atoms with Gasteiger partial charge < -0.3 is 4.74 Å². The fraction of sp³-hybridized carbons (Fsp3) is 0.667. The SMILES string of the molecule is [CH2-]C(F)(F)OC.[Rf]. The van der Waals surface area contributed by atoms with E-state index in [1.807, 2.05) is 0 Å². The van der Waals surface area contributed by atoms with Gasteiger partial charge in [-0.05, 0) is 0 Å². The van der Waals surface area contributed by atoms with Gasteiger partial charge in [0.25, 0.3) is 0 Å². The number of hydrogen-bond donors (Lipinski definition) is 0. The van der Waals surface area contributed by atoms with Crippen LogP contribution in [0.25, 0.3) is 0 Å². The van der Waals surface area contributed by atoms with E-state index in [0.29, 0.717) is 0 Å². The Morgan fingerprint density at radius 1 is 1.57 bits per heavy atom. The van der Waals surface area contributed by atoms with Crippen molar-refractivity contribution in [1.29, 1.82) is 0 Å². The molecule has 0 aromatic heterocycles. The molecule has 0 saturated heterocycles. The molecule has 0 aromatic carbocycles. The fourth-order valence-corrected chi connectivity index (χ4v) is 0. The Labute approximate surface area is 34.9 Å². The molecule has 0 bridgehead atoms. The number of alkyl halides is 2. The van der Waals surface area contributed by atoms with Gasteiger partial charge in [-0.25, -0.2) is 15.7 Å². The van der Waals surface area contributed by atoms with Crippen molar-refractivity contribution in [2.24, 2.45) is 0 Å². The van der Waals surface area contributed by atoms with E-state index < -0.39 is 6.11 Å². The van der Waals surface area contributed by atoms with Crippen LogP contribution in [0.5, 0.6) is 0 Å². The van der Waals surface area contributed by atoms with Crippen LogP contribution in [0, 0.1) is 6.92 Å². The van der Waals surface area contributed by atoms with E-state index in [-0.39, 0.29) is 0 Å². The van der Waals surface area contributed by atoms with Gasteiger partial charge in [0, 0.05) is 7.11 Å². The quantitative estimate of drug-likeness (QED) is 0.634. The average Bonchev–Trinajstić information content (AvgIpc) is 1.35. The molecular weight excluding hydrogens is 357 g/mol. The second-order valence-electron chi connectivity index (χ2n) is 0.841. The first-order valence-corrected chi connectivity index (χ1v) is 1.34. The van der Waals surface area contributed by atoms with Crippen molar-refractivity contribution >= 4 is 0 Å². The van der Waals surface area contributed by atoms with Crippen molar-refractivity contribution in [1.82, 2.24) is 0 Å². The molecule has 0 unspecified atom stereocenters. The van der Waals surface area contributed by atoms with E-state index in [4.69, 9.17) is 0 Å². The second kappa shape index (κ2) is 2.08. The Morgan fingerprint density at radius 3 is 1.71 bits per heavy atom. The molecule has 0 aromatic rings. The zero-order valence-electron chi connectivity index (χ0n) is 4.08. The van der Waals surface area contributed by atoms with E-state index in [1.165, 1.54) is 0 Å². The van der Waals surface area contributed by atoms with Crippen LogP contribution in [0.15, 0.2) is 0 Å². The summed E-state index contributed by atoms with van der Waals surface area (Å²) in [5, 5.41) is 0. The Morgan fingerprint density at radius 2 is 1.71 bits per heavy atom. The van der Waals surface area contributed by atoms with Crippen molar-refractivity contribution in [3.8, 4) is 0 Å². The minimum absolute atomic E-state index is 0. The molecule has 0 aliphatic heterocycles. The molecular formula is C3H5F2ORf-. The normalized spacial score (nSPS) is 10.3. The summed E-state index contributed by atoms with van der Waals surface area (Å²) in [4.78, 5) is 0. The van der Waals surface area contributed by atoms with E-state index >= 15 is 0 Å². The summed E-state index contributed by atoms with van der Waals surface area (Å²) in [5.74, 6) is 0. The molecule has 0 aliphatic rings. The van der Waals surface area contributed by atoms with Gasteiger partial charge in [-0.3, -0.25) is 0 Å². The summed E-state index contributed by atoms with van der Waals surface area (Å²) in [5.41, 5.74) is 0. The predicted octanol–water partition coefficient (Wildman–Crippen LogP) is 1.06. The summed E-state index contributed by atoms with van der Waals surface area (Å²) in [7, 11) is 0.896. The fourth-order valence-electron chi connectivity index (χ4n) is 0. The zero-order chi connectivity index (χ0) is 5.21. The molecule has 0 aliphatic carbocycles. The Kier molecular flexibility index (Phi) is 2.75. The van der Waals surface area contributed by atoms with E-state index in [2.05, 4.69) is 11.7 Å². The van der Waals surface area contributed by atoms with Crippen LogP contribution in [-0.4, -0.2) is 13.2 Å². The van der Waals surface area contributed by atoms with Gasteiger partial charge in [0.05, 0.1) is 0 Å². The monoisotopic (exact) mass is 362 g/mol. The van der Waals surface area contributed by atoms with Crippen molar-refractivity contribution in [2.75, 3.05) is 7.11 Å². The van der Waals surface area contributed by atoms with Gasteiger partial charge in [-0.15, -0.1) is 0 Å². The van der Waals surface area contributed by atoms with Crippen molar-refractivity contribution in [2.45, 2.75) is 6.11 Å². The molecule has 0 atom stereocenters. The minimum Gasteiger partial charge on any atom is -0.349 e. The van der Waals surface area contributed by atoms with Gasteiger partial charge in [0.2, 0.25) is 6.11 Å². The first-order valence-electron chi connectivity index (χ1n) is 1.34. The molecule has 0 amide bonds. The Hall–Kier alpha value is -1.18. The molecule has 1 nitrogen and oxygen atoms in total. The summed E-state index contributed by atoms with van der Waals surface area (Å²) >= 11 is 0. The molecule has 0 rings (SSSR count). The van der Waals surface area contributed by atoms with E-state index in [0.717, 1.165) is 7.11 Å². The summed E-state index contributed by atoms with van der Waals surface area (Å²) in [6, 6.07) is 0. The van der Waals surface area contributed by atoms with Crippen LogP contribution in [0.2, 0.25) is 0 Å². The first kappa shape index (κ1) is 9.27. The van der Waals surface area contributed by atoms with Crippen LogP contribution >= 0.6 is 0 Å². The molecule has 0 radical (unpaired) electrons. The van der Waals surface area contributed by atoms with Gasteiger partial charge in [0.15, 0.2) is 0 Å². The van der Waals surface area contributed by atoms with E-state index in [1.54, 1.807) is 0 Å². The number of methoxy groups -OCH3 is 1. The van der Waals surface area contributed by atoms with Gasteiger partial charge in [-0.2, -0.15) is 0 Å². The smallest absolute Gasteiger partial charge is 0.228 e. The maximum Gasteiger partial charge on any atom is 0.228 e. The number of ether oxygens (including phenoxy) is 1. The number of rotatable bonds is 1. The van der Waals surface area contributed by atoms with Crippen molar-refractivity contribution < 1.29 is 13.5 Å². The van der Waals surface area contributed by atoms with Crippen LogP contribution in [0.4, 0.5) is 8.78 Å². The van der Waals surface area contributed by atoms with Gasteiger partial charge >= 0.3 is 0 Å². The van der Waals surface area contributed by atoms with Crippen molar-refractivity contribution in [3.63, 3.8) is 0 Å². The van der Waals surface area contributed by atoms with Crippen molar-refractivity contribution in [3.05, 3.63) is 6.92 Å². The summed E-state index contributed by atoms with van der Waals surface area (Å²) < 4.78 is 25.7. The Balaban J connectivity index is 0. The molecule has 4 heteroatoms. The molecule has 0 fully saturated rings. The van der Waals surface area contributed by atoms with Crippen LogP contribution in [0.3, 0.4) is 0 Å². The molecule has 0 N–H and O–H groups in total. The third-order valence-corrected chi connectivity index (χ3v) is 0.299. The van der Waals surface area contributed by atoms with Gasteiger partial charge in [-0.1, -0.05) is 0 Å². The topological polar surface area (TPSA) is 9.23 Å². The van der Waals surface area contributed by atoms with Crippen LogP contribution in [-0.2, 0) is 4.74 Å². The largest absolute Gasteiger partial charge is 0.349 e. The molecule has 0 saturated carbocycles. The number of hydrogen-bond acceptors (Lipinski definition) is 1. The molecule has 40 valence electrons. The molecule has 0 heterocycles. The minimum atomic E-state index is -3.21. The molecule has 0 spiro atoms. The summed E-state index contributed by atoms with van der Waals surface area (Å²) in [6.07, 6.45) is -3.21.